The number of ether oxygens (including phenoxy) is 1. The van der Waals surface area contributed by atoms with Crippen LogP contribution in [0.5, 0.6) is 0 Å². The molecule has 4 rings (SSSR count). The Labute approximate surface area is 199 Å². The van der Waals surface area contributed by atoms with Crippen molar-refractivity contribution in [2.24, 2.45) is 0 Å². The Bertz CT molecular complexity index is 1410. The van der Waals surface area contributed by atoms with Crippen LogP contribution in [0.15, 0.2) is 83.9 Å². The number of nitrogens with one attached hydrogen (secondary N) is 1. The zero-order valence-corrected chi connectivity index (χ0v) is 20.2. The largest absolute Gasteiger partial charge is 0.383 e. The molecule has 0 saturated carbocycles. The molecule has 1 amide bonds. The number of hydrogen-bond acceptors (Lipinski definition) is 4. The van der Waals surface area contributed by atoms with E-state index in [0.717, 1.165) is 23.0 Å². The van der Waals surface area contributed by atoms with Crippen LogP contribution in [-0.2, 0) is 21.3 Å². The highest BCUT2D eigenvalue weighted by atomic mass is 32.2. The molecule has 0 radical (unpaired) electrons. The minimum Gasteiger partial charge on any atom is -0.383 e. The second-order valence-corrected chi connectivity index (χ2v) is 10.0. The molecular formula is C26H27N3O4S. The summed E-state index contributed by atoms with van der Waals surface area (Å²) in [6, 6.07) is 20.9. The predicted molar refractivity (Wildman–Crippen MR) is 135 cm³/mol. The number of amides is 1. The number of carbonyl (C=O) groups excluding carboxylic acids is 1. The van der Waals surface area contributed by atoms with Crippen LogP contribution in [0.3, 0.4) is 0 Å². The molecule has 1 N–H and O–H groups in total. The first-order chi connectivity index (χ1) is 16.3. The van der Waals surface area contributed by atoms with Gasteiger partial charge in [-0.25, -0.2) is 8.42 Å². The van der Waals surface area contributed by atoms with Crippen molar-refractivity contribution in [1.82, 2.24) is 4.57 Å². The fourth-order valence-corrected chi connectivity index (χ4v) is 4.89. The maximum Gasteiger partial charge on any atom is 0.264 e. The van der Waals surface area contributed by atoms with Crippen LogP contribution in [0.1, 0.15) is 15.9 Å². The van der Waals surface area contributed by atoms with Gasteiger partial charge >= 0.3 is 0 Å². The van der Waals surface area contributed by atoms with Crippen molar-refractivity contribution >= 4 is 38.2 Å². The number of carbonyl (C=O) groups is 1. The fraction of sp³-hybridized carbons (Fsp3) is 0.192. The summed E-state index contributed by atoms with van der Waals surface area (Å²) in [6.45, 7) is 3.28. The molecule has 176 valence electrons. The molecule has 0 saturated heterocycles. The molecule has 7 nitrogen and oxygen atoms in total. The summed E-state index contributed by atoms with van der Waals surface area (Å²) in [6.07, 6.45) is 2.00. The highest BCUT2D eigenvalue weighted by Crippen LogP contribution is 2.24. The van der Waals surface area contributed by atoms with E-state index in [0.29, 0.717) is 23.5 Å². The van der Waals surface area contributed by atoms with E-state index < -0.39 is 10.0 Å². The molecule has 8 heteroatoms. The summed E-state index contributed by atoms with van der Waals surface area (Å²) in [5, 5.41) is 3.93. The second kappa shape index (κ2) is 9.70. The summed E-state index contributed by atoms with van der Waals surface area (Å²) >= 11 is 0. The van der Waals surface area contributed by atoms with Crippen molar-refractivity contribution in [2.75, 3.05) is 30.4 Å². The van der Waals surface area contributed by atoms with Gasteiger partial charge in [-0.15, -0.1) is 0 Å². The van der Waals surface area contributed by atoms with E-state index in [9.17, 15) is 13.2 Å². The van der Waals surface area contributed by atoms with Crippen molar-refractivity contribution in [3.63, 3.8) is 0 Å². The highest BCUT2D eigenvalue weighted by Gasteiger charge is 2.21. The van der Waals surface area contributed by atoms with Crippen LogP contribution in [0.4, 0.5) is 11.4 Å². The number of anilines is 2. The van der Waals surface area contributed by atoms with Crippen molar-refractivity contribution in [3.8, 4) is 0 Å². The van der Waals surface area contributed by atoms with E-state index in [1.165, 1.54) is 11.4 Å². The molecule has 0 bridgehead atoms. The van der Waals surface area contributed by atoms with E-state index in [1.54, 1.807) is 55.6 Å². The van der Waals surface area contributed by atoms with Crippen molar-refractivity contribution in [1.29, 1.82) is 0 Å². The molecule has 4 aromatic rings. The number of aromatic nitrogens is 1. The third-order valence-electron chi connectivity index (χ3n) is 5.74. The molecule has 1 aromatic heterocycles. The molecule has 0 unspecified atom stereocenters. The van der Waals surface area contributed by atoms with Gasteiger partial charge < -0.3 is 14.6 Å². The monoisotopic (exact) mass is 477 g/mol. The Kier molecular flexibility index (Phi) is 6.72. The predicted octanol–water partition coefficient (Wildman–Crippen LogP) is 4.67. The number of rotatable bonds is 8. The van der Waals surface area contributed by atoms with Gasteiger partial charge in [0, 0.05) is 49.1 Å². The van der Waals surface area contributed by atoms with E-state index in [-0.39, 0.29) is 10.8 Å². The fourth-order valence-electron chi connectivity index (χ4n) is 3.70. The van der Waals surface area contributed by atoms with Crippen molar-refractivity contribution < 1.29 is 17.9 Å². The maximum absolute atomic E-state index is 12.9. The van der Waals surface area contributed by atoms with Gasteiger partial charge in [-0.05, 0) is 67.6 Å². The lowest BCUT2D eigenvalue weighted by Gasteiger charge is -2.20. The van der Waals surface area contributed by atoms with Crippen LogP contribution in [-0.4, -0.2) is 39.7 Å². The van der Waals surface area contributed by atoms with Crippen LogP contribution in [0, 0.1) is 6.92 Å². The number of hydrogen-bond donors (Lipinski definition) is 1. The highest BCUT2D eigenvalue weighted by molar-refractivity contribution is 7.92. The first-order valence-electron chi connectivity index (χ1n) is 10.8. The number of sulfonamides is 1. The minimum atomic E-state index is -3.69. The first kappa shape index (κ1) is 23.5. The number of methoxy groups -OCH3 is 1. The number of fused-ring (bicyclic) bond motifs is 1. The van der Waals surface area contributed by atoms with E-state index >= 15 is 0 Å². The van der Waals surface area contributed by atoms with E-state index in [4.69, 9.17) is 4.74 Å². The van der Waals surface area contributed by atoms with Gasteiger partial charge in [0.2, 0.25) is 0 Å². The van der Waals surface area contributed by atoms with Crippen LogP contribution in [0.2, 0.25) is 0 Å². The Balaban J connectivity index is 1.47. The third kappa shape index (κ3) is 4.83. The van der Waals surface area contributed by atoms with E-state index in [2.05, 4.69) is 9.88 Å². The standard InChI is InChI=1S/C26H27N3O4S/c1-19-4-11-24(12-5-19)34(31,32)28(2)23-9-6-20(7-10-23)26(30)27-22-8-13-25-21(18-22)14-15-29(25)16-17-33-3/h4-15,18H,16-17H2,1-3H3,(H,27,30). The molecule has 0 aliphatic carbocycles. The number of benzene rings is 3. The number of aryl methyl sites for hydroxylation is 1. The van der Waals surface area contributed by atoms with Crippen LogP contribution >= 0.6 is 0 Å². The van der Waals surface area contributed by atoms with Crippen LogP contribution in [0.25, 0.3) is 10.9 Å². The minimum absolute atomic E-state index is 0.217. The van der Waals surface area contributed by atoms with Crippen molar-refractivity contribution in [2.45, 2.75) is 18.4 Å². The summed E-state index contributed by atoms with van der Waals surface area (Å²) in [5.74, 6) is -0.270. The lowest BCUT2D eigenvalue weighted by molar-refractivity contribution is 0.102. The van der Waals surface area contributed by atoms with Gasteiger partial charge in [-0.2, -0.15) is 0 Å². The normalized spacial score (nSPS) is 11.5. The van der Waals surface area contributed by atoms with Crippen LogP contribution < -0.4 is 9.62 Å². The quantitative estimate of drug-likeness (QED) is 0.400. The molecule has 0 aliphatic rings. The summed E-state index contributed by atoms with van der Waals surface area (Å²) < 4.78 is 34.3. The van der Waals surface area contributed by atoms with Crippen molar-refractivity contribution in [3.05, 3.63) is 90.1 Å². The molecule has 1 heterocycles. The van der Waals surface area contributed by atoms with Gasteiger partial charge in [-0.1, -0.05) is 17.7 Å². The number of nitrogens with zero attached hydrogens (tertiary/aromatic N) is 2. The van der Waals surface area contributed by atoms with Gasteiger partial charge in [-0.3, -0.25) is 9.10 Å². The molecule has 3 aromatic carbocycles. The zero-order valence-electron chi connectivity index (χ0n) is 19.4. The van der Waals surface area contributed by atoms with E-state index in [1.807, 2.05) is 37.4 Å². The average molecular weight is 478 g/mol. The molecule has 0 fully saturated rings. The molecule has 34 heavy (non-hydrogen) atoms. The summed E-state index contributed by atoms with van der Waals surface area (Å²) in [5.41, 5.74) is 3.64. The second-order valence-electron chi connectivity index (χ2n) is 8.06. The van der Waals surface area contributed by atoms with Gasteiger partial charge in [0.25, 0.3) is 15.9 Å². The molecule has 0 aliphatic heterocycles. The molecular weight excluding hydrogens is 450 g/mol. The Morgan fingerprint density at radius 2 is 1.71 bits per heavy atom. The third-order valence-corrected chi connectivity index (χ3v) is 7.54. The van der Waals surface area contributed by atoms with Gasteiger partial charge in [0.05, 0.1) is 17.2 Å². The first-order valence-corrected chi connectivity index (χ1v) is 12.3. The Morgan fingerprint density at radius 1 is 1.00 bits per heavy atom. The topological polar surface area (TPSA) is 80.6 Å². The summed E-state index contributed by atoms with van der Waals surface area (Å²) in [4.78, 5) is 13.0. The van der Waals surface area contributed by atoms with Gasteiger partial charge in [0.1, 0.15) is 0 Å². The molecule has 0 spiro atoms. The van der Waals surface area contributed by atoms with Gasteiger partial charge in [0.15, 0.2) is 0 Å². The SMILES string of the molecule is COCCn1ccc2cc(NC(=O)c3ccc(N(C)S(=O)(=O)c4ccc(C)cc4)cc3)ccc21. The zero-order chi connectivity index (χ0) is 24.3. The smallest absolute Gasteiger partial charge is 0.264 e. The summed E-state index contributed by atoms with van der Waals surface area (Å²) in [7, 11) is -0.521. The molecule has 0 atom stereocenters. The lowest BCUT2D eigenvalue weighted by atomic mass is 10.1. The Hall–Kier alpha value is -3.62. The maximum atomic E-state index is 12.9. The Morgan fingerprint density at radius 3 is 2.38 bits per heavy atom. The lowest BCUT2D eigenvalue weighted by Crippen LogP contribution is -2.26. The average Bonchev–Trinajstić information content (AvgIpc) is 3.24.